The second-order valence-electron chi connectivity index (χ2n) is 3.87. The van der Waals surface area contributed by atoms with E-state index in [-0.39, 0.29) is 22.8 Å². The van der Waals surface area contributed by atoms with E-state index in [4.69, 9.17) is 25.2 Å². The van der Waals surface area contributed by atoms with Crippen molar-refractivity contribution >= 4 is 17.7 Å². The summed E-state index contributed by atoms with van der Waals surface area (Å²) in [5.74, 6) is -1.05. The normalized spacial score (nSPS) is 10.5. The number of carbonyl (C=O) groups is 1. The number of nitro benzene ring substituents is 1. The third-order valence-corrected chi connectivity index (χ3v) is 2.70. The predicted octanol–water partition coefficient (Wildman–Crippen LogP) is 1.01. The average molecular weight is 307 g/mol. The van der Waals surface area contributed by atoms with Crippen LogP contribution in [0.3, 0.4) is 0 Å². The van der Waals surface area contributed by atoms with Crippen molar-refractivity contribution in [2.75, 3.05) is 21.3 Å². The van der Waals surface area contributed by atoms with Gasteiger partial charge in [-0.3, -0.25) is 14.9 Å². The number of amides is 1. The number of hydrogen-bond donors (Lipinski definition) is 1. The highest BCUT2D eigenvalue weighted by molar-refractivity contribution is 6.01. The van der Waals surface area contributed by atoms with E-state index in [1.54, 1.807) is 6.07 Å². The highest BCUT2D eigenvalue weighted by atomic mass is 16.6. The molecule has 0 fully saturated rings. The zero-order valence-electron chi connectivity index (χ0n) is 12.1. The fourth-order valence-corrected chi connectivity index (χ4v) is 1.77. The van der Waals surface area contributed by atoms with Gasteiger partial charge in [-0.15, -0.1) is 0 Å². The van der Waals surface area contributed by atoms with Gasteiger partial charge in [0.15, 0.2) is 5.75 Å². The highest BCUT2D eigenvalue weighted by Gasteiger charge is 2.28. The van der Waals surface area contributed by atoms with E-state index in [1.165, 1.54) is 27.4 Å². The summed E-state index contributed by atoms with van der Waals surface area (Å²) in [5, 5.41) is 20.2. The first kappa shape index (κ1) is 16.8. The first-order valence-electron chi connectivity index (χ1n) is 5.80. The van der Waals surface area contributed by atoms with Gasteiger partial charge in [-0.1, -0.05) is 0 Å². The summed E-state index contributed by atoms with van der Waals surface area (Å²) < 4.78 is 15.1. The van der Waals surface area contributed by atoms with E-state index in [1.807, 2.05) is 0 Å². The summed E-state index contributed by atoms with van der Waals surface area (Å²) in [5.41, 5.74) is 4.03. The van der Waals surface area contributed by atoms with Crippen molar-refractivity contribution in [1.29, 1.82) is 5.26 Å². The van der Waals surface area contributed by atoms with E-state index in [0.29, 0.717) is 0 Å². The molecule has 0 aromatic heterocycles. The van der Waals surface area contributed by atoms with E-state index in [2.05, 4.69) is 0 Å². The van der Waals surface area contributed by atoms with Gasteiger partial charge in [0.1, 0.15) is 11.6 Å². The second-order valence-corrected chi connectivity index (χ2v) is 3.87. The molecule has 2 N–H and O–H groups in total. The Labute approximate surface area is 125 Å². The maximum Gasteiger partial charge on any atom is 0.322 e. The third kappa shape index (κ3) is 3.06. The van der Waals surface area contributed by atoms with Crippen LogP contribution >= 0.6 is 0 Å². The van der Waals surface area contributed by atoms with E-state index < -0.39 is 22.1 Å². The Morgan fingerprint density at radius 1 is 1.32 bits per heavy atom. The molecule has 1 aromatic rings. The number of primary amides is 1. The van der Waals surface area contributed by atoms with Crippen LogP contribution in [-0.2, 0) is 4.79 Å². The molecular weight excluding hydrogens is 294 g/mol. The van der Waals surface area contributed by atoms with E-state index >= 15 is 0 Å². The van der Waals surface area contributed by atoms with Crippen LogP contribution in [0.15, 0.2) is 11.6 Å². The highest BCUT2D eigenvalue weighted by Crippen LogP contribution is 2.46. The third-order valence-electron chi connectivity index (χ3n) is 2.70. The summed E-state index contributed by atoms with van der Waals surface area (Å²) in [6, 6.07) is 2.82. The van der Waals surface area contributed by atoms with Gasteiger partial charge >= 0.3 is 5.69 Å². The maximum absolute atomic E-state index is 11.3. The van der Waals surface area contributed by atoms with Gasteiger partial charge in [-0.2, -0.15) is 5.26 Å². The fourth-order valence-electron chi connectivity index (χ4n) is 1.77. The molecule has 0 aliphatic rings. The summed E-state index contributed by atoms with van der Waals surface area (Å²) in [4.78, 5) is 21.7. The van der Waals surface area contributed by atoms with Crippen molar-refractivity contribution in [2.45, 2.75) is 0 Å². The predicted molar refractivity (Wildman–Crippen MR) is 75.5 cm³/mol. The fraction of sp³-hybridized carbons (Fsp3) is 0.231. The smallest absolute Gasteiger partial charge is 0.322 e. The number of benzene rings is 1. The van der Waals surface area contributed by atoms with Crippen molar-refractivity contribution in [3.63, 3.8) is 0 Å². The Bertz CT molecular complexity index is 690. The lowest BCUT2D eigenvalue weighted by molar-refractivity contribution is -0.386. The van der Waals surface area contributed by atoms with Crippen LogP contribution < -0.4 is 19.9 Å². The quantitative estimate of drug-likeness (QED) is 0.358. The van der Waals surface area contributed by atoms with Crippen molar-refractivity contribution in [3.8, 4) is 23.3 Å². The maximum atomic E-state index is 11.3. The molecule has 0 radical (unpaired) electrons. The minimum absolute atomic E-state index is 0.0198. The first-order chi connectivity index (χ1) is 10.4. The topological polar surface area (TPSA) is 138 Å². The Kier molecular flexibility index (Phi) is 5.29. The van der Waals surface area contributed by atoms with Gasteiger partial charge in [-0.05, 0) is 12.1 Å². The van der Waals surface area contributed by atoms with Gasteiger partial charge in [0.2, 0.25) is 11.5 Å². The molecule has 0 aliphatic heterocycles. The zero-order valence-corrected chi connectivity index (χ0v) is 12.1. The molecule has 0 unspecified atom stereocenters. The summed E-state index contributed by atoms with van der Waals surface area (Å²) in [6.45, 7) is 0. The van der Waals surface area contributed by atoms with Crippen LogP contribution in [0, 0.1) is 21.4 Å². The van der Waals surface area contributed by atoms with Crippen molar-refractivity contribution < 1.29 is 23.9 Å². The van der Waals surface area contributed by atoms with Gasteiger partial charge in [0.25, 0.3) is 5.91 Å². The van der Waals surface area contributed by atoms with Crippen LogP contribution in [0.4, 0.5) is 5.69 Å². The van der Waals surface area contributed by atoms with Gasteiger partial charge in [-0.25, -0.2) is 0 Å². The van der Waals surface area contributed by atoms with Crippen LogP contribution in [0.25, 0.3) is 6.08 Å². The molecule has 0 bridgehead atoms. The Morgan fingerprint density at radius 3 is 2.27 bits per heavy atom. The molecule has 0 atom stereocenters. The van der Waals surface area contributed by atoms with Crippen LogP contribution in [0.5, 0.6) is 17.2 Å². The minimum atomic E-state index is -1.01. The van der Waals surface area contributed by atoms with E-state index in [0.717, 1.165) is 6.08 Å². The molecule has 0 spiro atoms. The lowest BCUT2D eigenvalue weighted by Gasteiger charge is -2.13. The Hall–Kier alpha value is -3.28. The number of rotatable bonds is 6. The largest absolute Gasteiger partial charge is 0.493 e. The summed E-state index contributed by atoms with van der Waals surface area (Å²) >= 11 is 0. The lowest BCUT2D eigenvalue weighted by atomic mass is 10.1. The molecule has 1 aromatic carbocycles. The Balaban J connectivity index is 3.81. The summed E-state index contributed by atoms with van der Waals surface area (Å²) in [6.07, 6.45) is 0.991. The molecular formula is C13H13N3O6. The SMILES string of the molecule is COc1cc(/C=C(\C#N)C(N)=O)c([N+](=O)[O-])c(OC)c1OC. The number of carbonyl (C=O) groups excluding carboxylic acids is 1. The van der Waals surface area contributed by atoms with Gasteiger partial charge in [0, 0.05) is 0 Å². The molecule has 9 heteroatoms. The van der Waals surface area contributed by atoms with Gasteiger partial charge < -0.3 is 19.9 Å². The Morgan fingerprint density at radius 2 is 1.91 bits per heavy atom. The van der Waals surface area contributed by atoms with Crippen molar-refractivity contribution in [1.82, 2.24) is 0 Å². The number of nitriles is 1. The number of methoxy groups -OCH3 is 3. The second kappa shape index (κ2) is 6.94. The minimum Gasteiger partial charge on any atom is -0.493 e. The van der Waals surface area contributed by atoms with Crippen molar-refractivity contribution in [2.24, 2.45) is 5.73 Å². The van der Waals surface area contributed by atoms with E-state index in [9.17, 15) is 14.9 Å². The lowest BCUT2D eigenvalue weighted by Crippen LogP contribution is -2.12. The van der Waals surface area contributed by atoms with Crippen LogP contribution in [0.1, 0.15) is 5.56 Å². The van der Waals surface area contributed by atoms with Crippen LogP contribution in [0.2, 0.25) is 0 Å². The van der Waals surface area contributed by atoms with Gasteiger partial charge in [0.05, 0.1) is 31.8 Å². The number of hydrogen-bond acceptors (Lipinski definition) is 7. The average Bonchev–Trinajstić information content (AvgIpc) is 2.49. The first-order valence-corrected chi connectivity index (χ1v) is 5.80. The molecule has 1 rings (SSSR count). The number of nitro groups is 1. The number of nitrogens with zero attached hydrogens (tertiary/aromatic N) is 2. The molecule has 9 nitrogen and oxygen atoms in total. The molecule has 116 valence electrons. The van der Waals surface area contributed by atoms with Crippen LogP contribution in [-0.4, -0.2) is 32.2 Å². The molecule has 0 heterocycles. The number of ether oxygens (including phenoxy) is 3. The monoisotopic (exact) mass is 307 g/mol. The number of nitrogens with two attached hydrogens (primary N) is 1. The standard InChI is InChI=1S/C13H13N3O6/c1-20-9-5-7(4-8(6-14)13(15)17)10(16(18)19)12(22-3)11(9)21-2/h4-5H,1-3H3,(H2,15,17)/b8-4+. The molecule has 22 heavy (non-hydrogen) atoms. The molecule has 1 amide bonds. The molecule has 0 saturated carbocycles. The summed E-state index contributed by atoms with van der Waals surface area (Å²) in [7, 11) is 3.84. The van der Waals surface area contributed by atoms with Crippen molar-refractivity contribution in [3.05, 3.63) is 27.3 Å². The molecule has 0 aliphatic carbocycles. The zero-order chi connectivity index (χ0) is 16.9. The molecule has 0 saturated heterocycles.